The number of esters is 1. The highest BCUT2D eigenvalue weighted by Gasteiger charge is 2.24. The summed E-state index contributed by atoms with van der Waals surface area (Å²) in [7, 11) is 0. The molecule has 5 heteroatoms. The first-order valence-corrected chi connectivity index (χ1v) is 6.11. The van der Waals surface area contributed by atoms with E-state index in [2.05, 4.69) is 5.32 Å². The van der Waals surface area contributed by atoms with E-state index in [9.17, 15) is 9.59 Å². The lowest BCUT2D eigenvalue weighted by atomic mass is 10.1. The lowest BCUT2D eigenvalue weighted by Gasteiger charge is -2.19. The van der Waals surface area contributed by atoms with Gasteiger partial charge in [-0.25, -0.2) is 4.79 Å². The van der Waals surface area contributed by atoms with Crippen LogP contribution < -0.4 is 5.32 Å². The van der Waals surface area contributed by atoms with Gasteiger partial charge in [0.25, 0.3) is 0 Å². The molecule has 0 atom stereocenters. The van der Waals surface area contributed by atoms with E-state index < -0.39 is 11.6 Å². The zero-order valence-electron chi connectivity index (χ0n) is 10.7. The monoisotopic (exact) mass is 255 g/mol. The van der Waals surface area contributed by atoms with Gasteiger partial charge in [0.05, 0.1) is 5.56 Å². The Hall–Kier alpha value is -1.36. The van der Waals surface area contributed by atoms with E-state index in [1.165, 1.54) is 11.3 Å². The van der Waals surface area contributed by atoms with Crippen LogP contribution in [0, 0.1) is 13.8 Å². The van der Waals surface area contributed by atoms with Gasteiger partial charge in [-0.05, 0) is 40.2 Å². The van der Waals surface area contributed by atoms with E-state index in [0.29, 0.717) is 17.0 Å². The third-order valence-corrected chi connectivity index (χ3v) is 3.32. The lowest BCUT2D eigenvalue weighted by Crippen LogP contribution is -2.24. The van der Waals surface area contributed by atoms with E-state index >= 15 is 0 Å². The average molecular weight is 255 g/mol. The van der Waals surface area contributed by atoms with Crippen molar-refractivity contribution in [3.63, 3.8) is 0 Å². The molecule has 0 aliphatic carbocycles. The summed E-state index contributed by atoms with van der Waals surface area (Å²) in [4.78, 5) is 23.5. The summed E-state index contributed by atoms with van der Waals surface area (Å²) in [5.74, 6) is -0.399. The second kappa shape index (κ2) is 4.87. The molecular weight excluding hydrogens is 238 g/mol. The maximum absolute atomic E-state index is 12.0. The van der Waals surface area contributed by atoms with Gasteiger partial charge in [0.2, 0.25) is 6.41 Å². The molecule has 0 bridgehead atoms. The zero-order chi connectivity index (χ0) is 13.2. The largest absolute Gasteiger partial charge is 0.456 e. The number of rotatable bonds is 3. The molecule has 0 unspecified atom stereocenters. The van der Waals surface area contributed by atoms with E-state index in [0.717, 1.165) is 10.4 Å². The van der Waals surface area contributed by atoms with Crippen LogP contribution >= 0.6 is 11.3 Å². The van der Waals surface area contributed by atoms with Crippen molar-refractivity contribution in [3.8, 4) is 0 Å². The Morgan fingerprint density at radius 3 is 2.41 bits per heavy atom. The molecule has 0 saturated heterocycles. The molecule has 17 heavy (non-hydrogen) atoms. The normalized spacial score (nSPS) is 11.1. The minimum Gasteiger partial charge on any atom is -0.456 e. The van der Waals surface area contributed by atoms with Crippen molar-refractivity contribution in [3.05, 3.63) is 16.0 Å². The van der Waals surface area contributed by atoms with Crippen LogP contribution in [0.5, 0.6) is 0 Å². The summed E-state index contributed by atoms with van der Waals surface area (Å²) >= 11 is 1.38. The highest BCUT2D eigenvalue weighted by atomic mass is 32.1. The molecule has 1 rings (SSSR count). The van der Waals surface area contributed by atoms with E-state index in [4.69, 9.17) is 4.74 Å². The molecule has 1 amide bonds. The van der Waals surface area contributed by atoms with E-state index in [-0.39, 0.29) is 0 Å². The van der Waals surface area contributed by atoms with Gasteiger partial charge in [-0.15, -0.1) is 11.3 Å². The average Bonchev–Trinajstić information content (AvgIpc) is 2.40. The highest BCUT2D eigenvalue weighted by Crippen LogP contribution is 2.33. The fourth-order valence-electron chi connectivity index (χ4n) is 1.36. The number of carbonyl (C=O) groups is 2. The third-order valence-electron chi connectivity index (χ3n) is 2.18. The first-order valence-electron chi connectivity index (χ1n) is 5.29. The molecule has 94 valence electrons. The molecular formula is C12H17NO3S. The molecule has 0 radical (unpaired) electrons. The van der Waals surface area contributed by atoms with Crippen molar-refractivity contribution < 1.29 is 14.3 Å². The van der Waals surface area contributed by atoms with Crippen LogP contribution in [0.4, 0.5) is 5.00 Å². The fraction of sp³-hybridized carbons (Fsp3) is 0.500. The molecule has 1 aromatic rings. The van der Waals surface area contributed by atoms with Crippen molar-refractivity contribution in [1.82, 2.24) is 0 Å². The Morgan fingerprint density at radius 2 is 1.94 bits per heavy atom. The van der Waals surface area contributed by atoms with Gasteiger partial charge in [0.1, 0.15) is 10.6 Å². The number of anilines is 1. The summed E-state index contributed by atoms with van der Waals surface area (Å²) in [6.45, 7) is 9.19. The molecule has 4 nitrogen and oxygen atoms in total. The van der Waals surface area contributed by atoms with Gasteiger partial charge >= 0.3 is 5.97 Å². The van der Waals surface area contributed by atoms with Crippen LogP contribution in [0.2, 0.25) is 0 Å². The van der Waals surface area contributed by atoms with Gasteiger partial charge in [-0.3, -0.25) is 4.79 Å². The SMILES string of the molecule is Cc1sc(NC=O)c(C(=O)OC(C)(C)C)c1C. The second-order valence-electron chi connectivity index (χ2n) is 4.75. The Balaban J connectivity index is 3.11. The smallest absolute Gasteiger partial charge is 0.341 e. The van der Waals surface area contributed by atoms with Crippen molar-refractivity contribution in [1.29, 1.82) is 0 Å². The number of hydrogen-bond donors (Lipinski definition) is 1. The zero-order valence-corrected chi connectivity index (χ0v) is 11.5. The van der Waals surface area contributed by atoms with Gasteiger partial charge in [-0.1, -0.05) is 0 Å². The van der Waals surface area contributed by atoms with Crippen molar-refractivity contribution >= 4 is 28.7 Å². The number of ether oxygens (including phenoxy) is 1. The van der Waals surface area contributed by atoms with Crippen LogP contribution in [0.1, 0.15) is 41.6 Å². The predicted molar refractivity (Wildman–Crippen MR) is 68.6 cm³/mol. The summed E-state index contributed by atoms with van der Waals surface area (Å²) < 4.78 is 5.32. The summed E-state index contributed by atoms with van der Waals surface area (Å²) in [6, 6.07) is 0. The summed E-state index contributed by atoms with van der Waals surface area (Å²) in [5, 5.41) is 3.09. The van der Waals surface area contributed by atoms with Gasteiger partial charge in [0.15, 0.2) is 0 Å². The number of hydrogen-bond acceptors (Lipinski definition) is 4. The van der Waals surface area contributed by atoms with Gasteiger partial charge in [0, 0.05) is 4.88 Å². The summed E-state index contributed by atoms with van der Waals surface area (Å²) in [6.07, 6.45) is 0.568. The Kier molecular flexibility index (Phi) is 3.93. The van der Waals surface area contributed by atoms with E-state index in [1.54, 1.807) is 0 Å². The molecule has 0 saturated carbocycles. The first-order chi connectivity index (χ1) is 7.76. The molecule has 1 heterocycles. The number of aryl methyl sites for hydroxylation is 1. The topological polar surface area (TPSA) is 55.4 Å². The van der Waals surface area contributed by atoms with E-state index in [1.807, 2.05) is 34.6 Å². The number of nitrogens with one attached hydrogen (secondary N) is 1. The predicted octanol–water partition coefficient (Wildman–Crippen LogP) is 2.89. The number of thiophene rings is 1. The van der Waals surface area contributed by atoms with Crippen LogP contribution in [0.25, 0.3) is 0 Å². The lowest BCUT2D eigenvalue weighted by molar-refractivity contribution is -0.105. The first kappa shape index (κ1) is 13.7. The fourth-order valence-corrected chi connectivity index (χ4v) is 2.36. The van der Waals surface area contributed by atoms with Crippen molar-refractivity contribution in [2.24, 2.45) is 0 Å². The minimum atomic E-state index is -0.544. The Bertz CT molecular complexity index is 443. The molecule has 0 spiro atoms. The van der Waals surface area contributed by atoms with Crippen LogP contribution in [0.3, 0.4) is 0 Å². The number of carbonyl (C=O) groups excluding carboxylic acids is 2. The minimum absolute atomic E-state index is 0.399. The Morgan fingerprint density at radius 1 is 1.35 bits per heavy atom. The molecule has 0 aliphatic rings. The second-order valence-corrected chi connectivity index (χ2v) is 5.98. The third kappa shape index (κ3) is 3.30. The molecule has 0 fully saturated rings. The molecule has 1 aromatic heterocycles. The van der Waals surface area contributed by atoms with Crippen LogP contribution in [0.15, 0.2) is 0 Å². The Labute approximate surface area is 105 Å². The molecule has 0 aromatic carbocycles. The van der Waals surface area contributed by atoms with Crippen molar-refractivity contribution in [2.45, 2.75) is 40.2 Å². The van der Waals surface area contributed by atoms with Crippen LogP contribution in [-0.4, -0.2) is 18.0 Å². The summed E-state index contributed by atoms with van der Waals surface area (Å²) in [5.41, 5.74) is 0.765. The molecule has 0 aliphatic heterocycles. The molecule has 1 N–H and O–H groups in total. The van der Waals surface area contributed by atoms with Gasteiger partial charge < -0.3 is 10.1 Å². The van der Waals surface area contributed by atoms with Gasteiger partial charge in [-0.2, -0.15) is 0 Å². The standard InChI is InChI=1S/C12H17NO3S/c1-7-8(2)17-10(13-6-14)9(7)11(15)16-12(3,4)5/h6H,1-5H3,(H,13,14). The highest BCUT2D eigenvalue weighted by molar-refractivity contribution is 7.16. The maximum atomic E-state index is 12.0. The quantitative estimate of drug-likeness (QED) is 0.667. The number of amides is 1. The van der Waals surface area contributed by atoms with Crippen LogP contribution in [-0.2, 0) is 9.53 Å². The van der Waals surface area contributed by atoms with Crippen molar-refractivity contribution in [2.75, 3.05) is 5.32 Å². The maximum Gasteiger partial charge on any atom is 0.341 e.